The lowest BCUT2D eigenvalue weighted by Gasteiger charge is -2.45. The number of rotatable bonds is 5. The number of likely N-dealkylation sites (tertiary alicyclic amines) is 1. The minimum Gasteiger partial charge on any atom is -0.371 e. The fourth-order valence-corrected chi connectivity index (χ4v) is 4.86. The van der Waals surface area contributed by atoms with Crippen LogP contribution in [0.5, 0.6) is 0 Å². The van der Waals surface area contributed by atoms with Crippen LogP contribution in [0.4, 0.5) is 0 Å². The van der Waals surface area contributed by atoms with Crippen LogP contribution in [0.2, 0.25) is 0 Å². The second-order valence-electron chi connectivity index (χ2n) is 7.16. The van der Waals surface area contributed by atoms with Gasteiger partial charge in [0.1, 0.15) is 5.60 Å². The van der Waals surface area contributed by atoms with Crippen molar-refractivity contribution >= 4 is 11.3 Å². The first-order valence-corrected chi connectivity index (χ1v) is 10.0. The van der Waals surface area contributed by atoms with Gasteiger partial charge in [-0.3, -0.25) is 4.90 Å². The summed E-state index contributed by atoms with van der Waals surface area (Å²) in [6, 6.07) is 10.4. The Morgan fingerprint density at radius 2 is 2.24 bits per heavy atom. The molecule has 0 aliphatic carbocycles. The second-order valence-corrected chi connectivity index (χ2v) is 8.10. The quantitative estimate of drug-likeness (QED) is 0.814. The van der Waals surface area contributed by atoms with Crippen LogP contribution in [0, 0.1) is 6.92 Å². The monoisotopic (exact) mass is 358 g/mol. The number of aryl methyl sites for hydroxylation is 1. The van der Waals surface area contributed by atoms with E-state index in [4.69, 9.17) is 9.47 Å². The summed E-state index contributed by atoms with van der Waals surface area (Å²) < 4.78 is 12.6. The molecule has 2 saturated heterocycles. The van der Waals surface area contributed by atoms with E-state index in [1.54, 1.807) is 11.3 Å². The molecule has 2 fully saturated rings. The van der Waals surface area contributed by atoms with Gasteiger partial charge in [-0.1, -0.05) is 30.3 Å². The molecule has 1 aromatic heterocycles. The normalized spacial score (nSPS) is 27.2. The Labute approximate surface area is 153 Å². The number of nitrogens with zero attached hydrogens (tertiary/aromatic N) is 2. The number of hydrogen-bond acceptors (Lipinski definition) is 5. The predicted molar refractivity (Wildman–Crippen MR) is 99.7 cm³/mol. The van der Waals surface area contributed by atoms with Crippen LogP contribution < -0.4 is 0 Å². The van der Waals surface area contributed by atoms with Gasteiger partial charge in [-0.25, -0.2) is 4.98 Å². The van der Waals surface area contributed by atoms with Gasteiger partial charge in [0, 0.05) is 31.1 Å². The van der Waals surface area contributed by atoms with Gasteiger partial charge in [0.2, 0.25) is 0 Å². The molecule has 4 nitrogen and oxygen atoms in total. The van der Waals surface area contributed by atoms with E-state index in [1.807, 2.05) is 11.6 Å². The van der Waals surface area contributed by atoms with Crippen molar-refractivity contribution in [2.24, 2.45) is 0 Å². The van der Waals surface area contributed by atoms with E-state index in [0.717, 1.165) is 51.2 Å². The Hall–Kier alpha value is -1.27. The summed E-state index contributed by atoms with van der Waals surface area (Å²) in [5.74, 6) is 0. The molecule has 2 atom stereocenters. The molecule has 2 aliphatic heterocycles. The number of thiazole rings is 1. The van der Waals surface area contributed by atoms with Crippen LogP contribution in [0.15, 0.2) is 35.8 Å². The van der Waals surface area contributed by atoms with E-state index in [-0.39, 0.29) is 11.7 Å². The highest BCUT2D eigenvalue weighted by Gasteiger charge is 2.47. The molecule has 2 aliphatic rings. The zero-order chi connectivity index (χ0) is 17.1. The summed E-state index contributed by atoms with van der Waals surface area (Å²) in [6.45, 7) is 6.63. The first-order valence-electron chi connectivity index (χ1n) is 9.16. The smallest absolute Gasteiger partial charge is 0.107 e. The van der Waals surface area contributed by atoms with Gasteiger partial charge in [0.05, 0.1) is 23.9 Å². The molecule has 5 heteroatoms. The third-order valence-corrected chi connectivity index (χ3v) is 6.35. The predicted octanol–water partition coefficient (Wildman–Crippen LogP) is 3.79. The van der Waals surface area contributed by atoms with Crippen LogP contribution in [-0.2, 0) is 22.6 Å². The lowest BCUT2D eigenvalue weighted by atomic mass is 9.86. The van der Waals surface area contributed by atoms with Crippen molar-refractivity contribution < 1.29 is 9.47 Å². The van der Waals surface area contributed by atoms with Crippen LogP contribution in [-0.4, -0.2) is 41.3 Å². The highest BCUT2D eigenvalue weighted by molar-refractivity contribution is 7.09. The Kier molecular flexibility index (Phi) is 5.17. The minimum atomic E-state index is -0.133. The van der Waals surface area contributed by atoms with Crippen molar-refractivity contribution in [1.82, 2.24) is 9.88 Å². The van der Waals surface area contributed by atoms with Gasteiger partial charge in [-0.2, -0.15) is 0 Å². The maximum Gasteiger partial charge on any atom is 0.107 e. The van der Waals surface area contributed by atoms with Crippen LogP contribution in [0.1, 0.15) is 35.4 Å². The van der Waals surface area contributed by atoms with Crippen molar-refractivity contribution in [2.45, 2.75) is 51.0 Å². The van der Waals surface area contributed by atoms with Crippen LogP contribution in [0.25, 0.3) is 0 Å². The Balaban J connectivity index is 1.42. The first kappa shape index (κ1) is 17.2. The third-order valence-electron chi connectivity index (χ3n) is 5.43. The van der Waals surface area contributed by atoms with Gasteiger partial charge < -0.3 is 9.47 Å². The molecule has 2 aromatic rings. The standard InChI is InChI=1S/C20H26N2O2S/c1-16-18(25-15-21-16)12-22-10-8-19(20(14-22)9-5-11-24-20)23-13-17-6-3-2-4-7-17/h2-4,6-7,15,19H,5,8-14H2,1H3/t19-,20-/m0/s1. The zero-order valence-electron chi connectivity index (χ0n) is 14.8. The van der Waals surface area contributed by atoms with Crippen molar-refractivity contribution in [1.29, 1.82) is 0 Å². The topological polar surface area (TPSA) is 34.6 Å². The molecular weight excluding hydrogens is 332 g/mol. The van der Waals surface area contributed by atoms with E-state index in [0.29, 0.717) is 6.61 Å². The molecule has 0 saturated carbocycles. The molecule has 0 radical (unpaired) electrons. The van der Waals surface area contributed by atoms with Crippen LogP contribution >= 0.6 is 11.3 Å². The highest BCUT2D eigenvalue weighted by atomic mass is 32.1. The molecule has 3 heterocycles. The average Bonchev–Trinajstić information content (AvgIpc) is 3.25. The maximum absolute atomic E-state index is 6.35. The molecule has 0 amide bonds. The van der Waals surface area contributed by atoms with Gasteiger partial charge in [-0.15, -0.1) is 11.3 Å². The minimum absolute atomic E-state index is 0.133. The SMILES string of the molecule is Cc1ncsc1CN1CC[C@H](OCc2ccccc2)[C@]2(CCCO2)C1. The molecule has 0 unspecified atom stereocenters. The van der Waals surface area contributed by atoms with Gasteiger partial charge >= 0.3 is 0 Å². The molecule has 1 aromatic carbocycles. The largest absolute Gasteiger partial charge is 0.371 e. The fourth-order valence-electron chi connectivity index (χ4n) is 4.04. The molecule has 4 rings (SSSR count). The average molecular weight is 359 g/mol. The number of aromatic nitrogens is 1. The number of piperidine rings is 1. The third kappa shape index (κ3) is 3.80. The molecule has 134 valence electrons. The fraction of sp³-hybridized carbons (Fsp3) is 0.550. The van der Waals surface area contributed by atoms with E-state index in [9.17, 15) is 0 Å². The number of hydrogen-bond donors (Lipinski definition) is 0. The van der Waals surface area contributed by atoms with Gasteiger partial charge in [0.25, 0.3) is 0 Å². The Morgan fingerprint density at radius 3 is 2.96 bits per heavy atom. The summed E-state index contributed by atoms with van der Waals surface area (Å²) in [5.41, 5.74) is 4.21. The molecule has 25 heavy (non-hydrogen) atoms. The summed E-state index contributed by atoms with van der Waals surface area (Å²) in [6.07, 6.45) is 3.46. The van der Waals surface area contributed by atoms with Gasteiger partial charge in [-0.05, 0) is 31.7 Å². The van der Waals surface area contributed by atoms with Crippen molar-refractivity contribution in [2.75, 3.05) is 19.7 Å². The van der Waals surface area contributed by atoms with E-state index >= 15 is 0 Å². The molecule has 1 spiro atoms. The lowest BCUT2D eigenvalue weighted by Crippen LogP contribution is -2.57. The maximum atomic E-state index is 6.35. The van der Waals surface area contributed by atoms with Gasteiger partial charge in [0.15, 0.2) is 0 Å². The summed E-state index contributed by atoms with van der Waals surface area (Å²) in [4.78, 5) is 8.28. The first-order chi connectivity index (χ1) is 12.3. The summed E-state index contributed by atoms with van der Waals surface area (Å²) in [7, 11) is 0. The number of ether oxygens (including phenoxy) is 2. The van der Waals surface area contributed by atoms with Crippen molar-refractivity contribution in [3.63, 3.8) is 0 Å². The Bertz CT molecular complexity index is 682. The molecule has 0 N–H and O–H groups in total. The van der Waals surface area contributed by atoms with Crippen molar-refractivity contribution in [3.8, 4) is 0 Å². The lowest BCUT2D eigenvalue weighted by molar-refractivity contribution is -0.160. The second kappa shape index (κ2) is 7.54. The summed E-state index contributed by atoms with van der Waals surface area (Å²) in [5, 5.41) is 0. The van der Waals surface area contributed by atoms with E-state index in [2.05, 4.69) is 41.1 Å². The van der Waals surface area contributed by atoms with E-state index in [1.165, 1.54) is 10.4 Å². The van der Waals surface area contributed by atoms with Crippen molar-refractivity contribution in [3.05, 3.63) is 52.0 Å². The zero-order valence-corrected chi connectivity index (χ0v) is 15.6. The molecular formula is C20H26N2O2S. The molecule has 0 bridgehead atoms. The number of benzene rings is 1. The Morgan fingerprint density at radius 1 is 1.36 bits per heavy atom. The summed E-state index contributed by atoms with van der Waals surface area (Å²) >= 11 is 1.76. The van der Waals surface area contributed by atoms with E-state index < -0.39 is 0 Å². The van der Waals surface area contributed by atoms with Crippen LogP contribution in [0.3, 0.4) is 0 Å². The highest BCUT2D eigenvalue weighted by Crippen LogP contribution is 2.37.